The quantitative estimate of drug-likeness (QED) is 0.147. The lowest BCUT2D eigenvalue weighted by Gasteiger charge is -2.30. The molecule has 11 aromatic rings. The van der Waals surface area contributed by atoms with E-state index in [2.05, 4.69) is 241 Å². The summed E-state index contributed by atoms with van der Waals surface area (Å²) in [6.07, 6.45) is 0. The van der Waals surface area contributed by atoms with Gasteiger partial charge in [0.2, 0.25) is 0 Å². The molecule has 0 atom stereocenters. The summed E-state index contributed by atoms with van der Waals surface area (Å²) in [5.41, 5.74) is 12.7. The molecular weight excluding hydrogens is 711 g/mol. The fourth-order valence-corrected chi connectivity index (χ4v) is 8.80. The van der Waals surface area contributed by atoms with Gasteiger partial charge in [0.05, 0.1) is 11.4 Å². The van der Waals surface area contributed by atoms with Crippen molar-refractivity contribution in [2.75, 3.05) is 4.90 Å². The highest BCUT2D eigenvalue weighted by Crippen LogP contribution is 2.47. The highest BCUT2D eigenvalue weighted by atomic mass is 15.1. The Morgan fingerprint density at radius 3 is 1.47 bits per heavy atom. The Kier molecular flexibility index (Phi) is 8.56. The Labute approximate surface area is 344 Å². The third-order valence-electron chi connectivity index (χ3n) is 11.8. The molecule has 0 N–H and O–H groups in total. The molecule has 0 aliphatic heterocycles. The molecule has 0 saturated heterocycles. The van der Waals surface area contributed by atoms with Crippen molar-refractivity contribution in [3.05, 3.63) is 237 Å². The summed E-state index contributed by atoms with van der Waals surface area (Å²) in [5.74, 6) is 0. The SMILES string of the molecule is c1ccc(-c2ccccc2N(c2ccc(-c3ccc4c(ccc5ccccc54)c3)cc2)c2cc(-c3ccc4ccccc4c3)ccc2-c2ccc3ccccc3c2)cc1. The van der Waals surface area contributed by atoms with E-state index in [1.165, 1.54) is 76.5 Å². The summed E-state index contributed by atoms with van der Waals surface area (Å²) >= 11 is 0. The molecule has 0 aliphatic carbocycles. The molecule has 1 nitrogen and oxygen atoms in total. The molecule has 276 valence electrons. The average molecular weight is 750 g/mol. The lowest BCUT2D eigenvalue weighted by atomic mass is 9.93. The van der Waals surface area contributed by atoms with Gasteiger partial charge < -0.3 is 4.90 Å². The Morgan fingerprint density at radius 2 is 0.695 bits per heavy atom. The van der Waals surface area contributed by atoms with E-state index in [1.807, 2.05) is 0 Å². The summed E-state index contributed by atoms with van der Waals surface area (Å²) in [6, 6.07) is 86.5. The van der Waals surface area contributed by atoms with E-state index in [9.17, 15) is 0 Å². The van der Waals surface area contributed by atoms with Gasteiger partial charge in [-0.3, -0.25) is 0 Å². The summed E-state index contributed by atoms with van der Waals surface area (Å²) < 4.78 is 0. The van der Waals surface area contributed by atoms with Gasteiger partial charge in [-0.1, -0.05) is 194 Å². The first-order valence-corrected chi connectivity index (χ1v) is 20.3. The van der Waals surface area contributed by atoms with Gasteiger partial charge in [-0.25, -0.2) is 0 Å². The summed E-state index contributed by atoms with van der Waals surface area (Å²) in [5, 5.41) is 9.99. The van der Waals surface area contributed by atoms with Crippen LogP contribution in [0.15, 0.2) is 237 Å². The van der Waals surface area contributed by atoms with Gasteiger partial charge in [-0.15, -0.1) is 0 Å². The number of fused-ring (bicyclic) bond motifs is 5. The molecule has 0 aromatic heterocycles. The summed E-state index contributed by atoms with van der Waals surface area (Å²) in [6.45, 7) is 0. The van der Waals surface area contributed by atoms with Crippen LogP contribution >= 0.6 is 0 Å². The summed E-state index contributed by atoms with van der Waals surface area (Å²) in [4.78, 5) is 2.47. The number of rotatable bonds is 7. The molecule has 59 heavy (non-hydrogen) atoms. The van der Waals surface area contributed by atoms with Crippen LogP contribution in [0.25, 0.3) is 87.6 Å². The van der Waals surface area contributed by atoms with Crippen LogP contribution < -0.4 is 4.90 Å². The van der Waals surface area contributed by atoms with Crippen LogP contribution in [0, 0.1) is 0 Å². The van der Waals surface area contributed by atoms with Crippen molar-refractivity contribution < 1.29 is 0 Å². The van der Waals surface area contributed by atoms with Gasteiger partial charge in [0.1, 0.15) is 0 Å². The molecule has 0 bridgehead atoms. The number of hydrogen-bond acceptors (Lipinski definition) is 1. The molecule has 0 fully saturated rings. The van der Waals surface area contributed by atoms with E-state index in [0.29, 0.717) is 0 Å². The van der Waals surface area contributed by atoms with E-state index in [4.69, 9.17) is 0 Å². The fourth-order valence-electron chi connectivity index (χ4n) is 8.80. The molecule has 0 aliphatic rings. The number of anilines is 3. The molecule has 0 saturated carbocycles. The normalized spacial score (nSPS) is 11.4. The Bertz CT molecular complexity index is 3320. The topological polar surface area (TPSA) is 3.24 Å². The van der Waals surface area contributed by atoms with Crippen molar-refractivity contribution in [2.24, 2.45) is 0 Å². The fraction of sp³-hybridized carbons (Fsp3) is 0. The smallest absolute Gasteiger partial charge is 0.0546 e. The zero-order valence-corrected chi connectivity index (χ0v) is 32.5. The number of hydrogen-bond donors (Lipinski definition) is 0. The van der Waals surface area contributed by atoms with Crippen molar-refractivity contribution in [3.63, 3.8) is 0 Å². The molecule has 0 heterocycles. The number of benzene rings is 11. The van der Waals surface area contributed by atoms with Gasteiger partial charge in [-0.05, 0) is 119 Å². The molecule has 1 heteroatoms. The zero-order valence-electron chi connectivity index (χ0n) is 32.5. The van der Waals surface area contributed by atoms with Gasteiger partial charge in [0, 0.05) is 16.8 Å². The predicted octanol–water partition coefficient (Wildman–Crippen LogP) is 16.4. The predicted molar refractivity (Wildman–Crippen MR) is 253 cm³/mol. The number of nitrogens with zero attached hydrogens (tertiary/aromatic N) is 1. The highest BCUT2D eigenvalue weighted by Gasteiger charge is 2.22. The van der Waals surface area contributed by atoms with Crippen LogP contribution in [0.2, 0.25) is 0 Å². The van der Waals surface area contributed by atoms with Crippen LogP contribution in [0.4, 0.5) is 17.1 Å². The van der Waals surface area contributed by atoms with Crippen molar-refractivity contribution in [3.8, 4) is 44.5 Å². The van der Waals surface area contributed by atoms with E-state index in [1.54, 1.807) is 0 Å². The second-order valence-electron chi connectivity index (χ2n) is 15.3. The minimum Gasteiger partial charge on any atom is -0.309 e. The van der Waals surface area contributed by atoms with E-state index >= 15 is 0 Å². The first-order chi connectivity index (χ1) is 29.2. The Morgan fingerprint density at radius 1 is 0.220 bits per heavy atom. The monoisotopic (exact) mass is 749 g/mol. The van der Waals surface area contributed by atoms with Crippen molar-refractivity contribution in [1.82, 2.24) is 0 Å². The molecule has 0 radical (unpaired) electrons. The standard InChI is InChI=1S/C58H39N/c1-2-14-43(15-3-1)55-20-10-11-21-57(55)59(52-32-28-42(29-33-52)47-30-34-54-50(38-47)27-24-44-16-8-9-19-53(44)54)58-39-49(48-25-22-40-12-4-6-17-45(40)36-48)31-35-56(58)51-26-23-41-13-5-7-18-46(41)37-51/h1-39H. The third-order valence-corrected chi connectivity index (χ3v) is 11.8. The Balaban J connectivity index is 1.12. The van der Waals surface area contributed by atoms with Crippen molar-refractivity contribution in [1.29, 1.82) is 0 Å². The van der Waals surface area contributed by atoms with Crippen molar-refractivity contribution >= 4 is 60.2 Å². The third kappa shape index (κ3) is 6.40. The molecule has 0 spiro atoms. The van der Waals surface area contributed by atoms with Crippen molar-refractivity contribution in [2.45, 2.75) is 0 Å². The van der Waals surface area contributed by atoms with Crippen LogP contribution in [0.5, 0.6) is 0 Å². The minimum atomic E-state index is 1.08. The average Bonchev–Trinajstić information content (AvgIpc) is 3.32. The van der Waals surface area contributed by atoms with Crippen LogP contribution in [0.3, 0.4) is 0 Å². The molecule has 0 unspecified atom stereocenters. The van der Waals surface area contributed by atoms with Crippen LogP contribution in [0.1, 0.15) is 0 Å². The van der Waals surface area contributed by atoms with E-state index in [0.717, 1.165) is 28.2 Å². The van der Waals surface area contributed by atoms with E-state index in [-0.39, 0.29) is 0 Å². The van der Waals surface area contributed by atoms with Gasteiger partial charge in [0.25, 0.3) is 0 Å². The highest BCUT2D eigenvalue weighted by molar-refractivity contribution is 6.08. The van der Waals surface area contributed by atoms with Gasteiger partial charge in [-0.2, -0.15) is 0 Å². The molecular formula is C58H39N. The largest absolute Gasteiger partial charge is 0.309 e. The van der Waals surface area contributed by atoms with Gasteiger partial charge in [0.15, 0.2) is 0 Å². The lowest BCUT2D eigenvalue weighted by molar-refractivity contribution is 1.28. The van der Waals surface area contributed by atoms with E-state index < -0.39 is 0 Å². The first kappa shape index (κ1) is 34.5. The maximum Gasteiger partial charge on any atom is 0.0546 e. The lowest BCUT2D eigenvalue weighted by Crippen LogP contribution is -2.12. The maximum absolute atomic E-state index is 2.47. The zero-order chi connectivity index (χ0) is 39.1. The maximum atomic E-state index is 2.47. The first-order valence-electron chi connectivity index (χ1n) is 20.3. The minimum absolute atomic E-state index is 1.08. The van der Waals surface area contributed by atoms with Crippen LogP contribution in [-0.4, -0.2) is 0 Å². The number of para-hydroxylation sites is 1. The van der Waals surface area contributed by atoms with Gasteiger partial charge >= 0.3 is 0 Å². The molecule has 11 aromatic carbocycles. The Hall–Kier alpha value is -7.74. The second-order valence-corrected chi connectivity index (χ2v) is 15.3. The second kappa shape index (κ2) is 14.6. The van der Waals surface area contributed by atoms with Crippen LogP contribution in [-0.2, 0) is 0 Å². The molecule has 0 amide bonds. The molecule has 11 rings (SSSR count). The summed E-state index contributed by atoms with van der Waals surface area (Å²) in [7, 11) is 0.